The maximum absolute atomic E-state index is 13.1. The molecule has 2 aromatic rings. The number of nitrogens with one attached hydrogen (secondary N) is 2. The Kier molecular flexibility index (Phi) is 8.18. The van der Waals surface area contributed by atoms with E-state index in [0.717, 1.165) is 7.11 Å². The molecule has 0 aromatic heterocycles. The van der Waals surface area contributed by atoms with Crippen LogP contribution in [-0.4, -0.2) is 41.9 Å². The molecule has 31 heavy (non-hydrogen) atoms. The van der Waals surface area contributed by atoms with E-state index in [1.54, 1.807) is 6.07 Å². The van der Waals surface area contributed by atoms with Crippen molar-refractivity contribution < 1.29 is 28.4 Å². The van der Waals surface area contributed by atoms with Crippen LogP contribution in [0, 0.1) is 15.9 Å². The first-order chi connectivity index (χ1) is 14.7. The molecular formula is C21H22FN3O6. The average molecular weight is 431 g/mol. The second-order valence-corrected chi connectivity index (χ2v) is 6.76. The van der Waals surface area contributed by atoms with Gasteiger partial charge < -0.3 is 15.4 Å². The predicted octanol–water partition coefficient (Wildman–Crippen LogP) is 1.68. The minimum Gasteiger partial charge on any atom is -0.467 e. The van der Waals surface area contributed by atoms with Gasteiger partial charge in [0.1, 0.15) is 17.9 Å². The summed E-state index contributed by atoms with van der Waals surface area (Å²) in [5.74, 6) is -2.40. The smallest absolute Gasteiger partial charge is 0.328 e. The van der Waals surface area contributed by atoms with Crippen molar-refractivity contribution in [3.05, 3.63) is 75.6 Å². The zero-order valence-corrected chi connectivity index (χ0v) is 17.0. The molecule has 9 nitrogen and oxygen atoms in total. The van der Waals surface area contributed by atoms with Crippen LogP contribution in [0.5, 0.6) is 0 Å². The van der Waals surface area contributed by atoms with E-state index >= 15 is 0 Å². The van der Waals surface area contributed by atoms with Gasteiger partial charge in [-0.2, -0.15) is 0 Å². The predicted molar refractivity (Wildman–Crippen MR) is 108 cm³/mol. The van der Waals surface area contributed by atoms with Crippen LogP contribution < -0.4 is 10.6 Å². The Balaban J connectivity index is 2.23. The number of benzene rings is 2. The van der Waals surface area contributed by atoms with Gasteiger partial charge in [0.05, 0.1) is 12.0 Å². The van der Waals surface area contributed by atoms with Crippen molar-refractivity contribution >= 4 is 23.5 Å². The Morgan fingerprint density at radius 2 is 1.68 bits per heavy atom. The van der Waals surface area contributed by atoms with Crippen molar-refractivity contribution in [2.45, 2.75) is 31.8 Å². The van der Waals surface area contributed by atoms with E-state index in [0.29, 0.717) is 5.56 Å². The third-order valence-corrected chi connectivity index (χ3v) is 4.46. The van der Waals surface area contributed by atoms with Gasteiger partial charge in [0, 0.05) is 31.4 Å². The maximum atomic E-state index is 13.1. The molecule has 0 saturated carbocycles. The van der Waals surface area contributed by atoms with Gasteiger partial charge in [-0.05, 0) is 17.7 Å². The van der Waals surface area contributed by atoms with Gasteiger partial charge in [0.2, 0.25) is 11.8 Å². The Morgan fingerprint density at radius 1 is 1.03 bits per heavy atom. The number of nitro groups is 1. The number of hydrogen-bond acceptors (Lipinski definition) is 6. The second-order valence-electron chi connectivity index (χ2n) is 6.76. The van der Waals surface area contributed by atoms with E-state index < -0.39 is 40.6 Å². The lowest BCUT2D eigenvalue weighted by Gasteiger charge is -2.22. The third kappa shape index (κ3) is 6.88. The van der Waals surface area contributed by atoms with Crippen LogP contribution in [0.4, 0.5) is 10.1 Å². The number of nitrogens with zero attached hydrogens (tertiary/aromatic N) is 1. The van der Waals surface area contributed by atoms with Gasteiger partial charge in [-0.1, -0.05) is 30.3 Å². The number of halogens is 1. The number of esters is 1. The number of rotatable bonds is 9. The first kappa shape index (κ1) is 23.5. The van der Waals surface area contributed by atoms with E-state index in [1.807, 2.05) is 0 Å². The highest BCUT2D eigenvalue weighted by Crippen LogP contribution is 2.19. The molecule has 0 aliphatic carbocycles. The summed E-state index contributed by atoms with van der Waals surface area (Å²) in [6.45, 7) is 1.23. The monoisotopic (exact) mass is 431 g/mol. The van der Waals surface area contributed by atoms with E-state index in [2.05, 4.69) is 10.6 Å². The van der Waals surface area contributed by atoms with Crippen molar-refractivity contribution in [3.8, 4) is 0 Å². The largest absolute Gasteiger partial charge is 0.467 e. The molecule has 0 unspecified atom stereocenters. The van der Waals surface area contributed by atoms with E-state index in [4.69, 9.17) is 4.74 Å². The molecule has 2 rings (SSSR count). The number of nitro benzene ring substituents is 1. The molecule has 2 aromatic carbocycles. The van der Waals surface area contributed by atoms with Crippen molar-refractivity contribution in [1.82, 2.24) is 10.6 Å². The van der Waals surface area contributed by atoms with Gasteiger partial charge in [0.25, 0.3) is 5.69 Å². The molecule has 10 heteroatoms. The number of carbonyl (C=O) groups is 3. The molecule has 0 fully saturated rings. The average Bonchev–Trinajstić information content (AvgIpc) is 2.73. The number of amides is 2. The molecular weight excluding hydrogens is 409 g/mol. The number of ether oxygens (including phenoxy) is 1. The summed E-state index contributed by atoms with van der Waals surface area (Å²) in [5.41, 5.74) is 0.622. The second kappa shape index (κ2) is 10.8. The van der Waals surface area contributed by atoms with Crippen molar-refractivity contribution in [3.63, 3.8) is 0 Å². The van der Waals surface area contributed by atoms with Crippen LogP contribution in [0.25, 0.3) is 0 Å². The van der Waals surface area contributed by atoms with Crippen molar-refractivity contribution in [1.29, 1.82) is 0 Å². The molecule has 2 amide bonds. The molecule has 164 valence electrons. The fourth-order valence-corrected chi connectivity index (χ4v) is 3.00. The zero-order valence-electron chi connectivity index (χ0n) is 17.0. The van der Waals surface area contributed by atoms with Crippen LogP contribution in [0.2, 0.25) is 0 Å². The van der Waals surface area contributed by atoms with Crippen LogP contribution >= 0.6 is 0 Å². The molecule has 0 saturated heterocycles. The Hall–Kier alpha value is -3.82. The minimum atomic E-state index is -1.22. The fourth-order valence-electron chi connectivity index (χ4n) is 3.00. The summed E-state index contributed by atoms with van der Waals surface area (Å²) in [4.78, 5) is 47.3. The molecule has 0 heterocycles. The molecule has 2 N–H and O–H groups in total. The number of hydrogen-bond donors (Lipinski definition) is 2. The van der Waals surface area contributed by atoms with Crippen LogP contribution in [-0.2, 0) is 32.0 Å². The standard InChI is InChI=1S/C21H22FN3O6/c1-13(26)23-17(11-14-7-9-16(22)10-8-14)20(27)24-18(21(28)31-2)12-15-5-3-4-6-19(15)25(29)30/h3-10,17-18H,11-12H2,1-2H3,(H,23,26)(H,24,27)/t17-,18-/m0/s1. The van der Waals surface area contributed by atoms with E-state index in [-0.39, 0.29) is 24.1 Å². The normalized spacial score (nSPS) is 12.4. The third-order valence-electron chi connectivity index (χ3n) is 4.46. The van der Waals surface area contributed by atoms with Crippen molar-refractivity contribution in [2.75, 3.05) is 7.11 Å². The summed E-state index contributed by atoms with van der Waals surface area (Å²) in [6.07, 6.45) is -0.135. The first-order valence-electron chi connectivity index (χ1n) is 9.33. The Bertz CT molecular complexity index is 964. The highest BCUT2D eigenvalue weighted by molar-refractivity contribution is 5.90. The van der Waals surface area contributed by atoms with Crippen LogP contribution in [0.15, 0.2) is 48.5 Å². The van der Waals surface area contributed by atoms with Gasteiger partial charge in [-0.15, -0.1) is 0 Å². The van der Waals surface area contributed by atoms with Crippen molar-refractivity contribution in [2.24, 2.45) is 0 Å². The maximum Gasteiger partial charge on any atom is 0.328 e. The number of carbonyl (C=O) groups excluding carboxylic acids is 3. The molecule has 2 atom stereocenters. The van der Waals surface area contributed by atoms with Gasteiger partial charge >= 0.3 is 5.97 Å². The summed E-state index contributed by atoms with van der Waals surface area (Å²) in [5, 5.41) is 16.2. The summed E-state index contributed by atoms with van der Waals surface area (Å²) in [7, 11) is 1.13. The molecule has 0 aliphatic heterocycles. The lowest BCUT2D eigenvalue weighted by Crippen LogP contribution is -2.53. The lowest BCUT2D eigenvalue weighted by atomic mass is 10.0. The number of para-hydroxylation sites is 1. The summed E-state index contributed by atoms with van der Waals surface area (Å²) in [6, 6.07) is 8.96. The van der Waals surface area contributed by atoms with Gasteiger partial charge in [0.15, 0.2) is 0 Å². The summed E-state index contributed by atoms with van der Waals surface area (Å²) < 4.78 is 17.9. The Morgan fingerprint density at radius 3 is 2.26 bits per heavy atom. The van der Waals surface area contributed by atoms with Gasteiger partial charge in [-0.3, -0.25) is 19.7 Å². The minimum absolute atomic E-state index is 0.0467. The lowest BCUT2D eigenvalue weighted by molar-refractivity contribution is -0.385. The van der Waals surface area contributed by atoms with Gasteiger partial charge in [-0.25, -0.2) is 9.18 Å². The highest BCUT2D eigenvalue weighted by Gasteiger charge is 2.29. The topological polar surface area (TPSA) is 128 Å². The molecule has 0 aliphatic rings. The zero-order chi connectivity index (χ0) is 23.0. The van der Waals surface area contributed by atoms with E-state index in [9.17, 15) is 28.9 Å². The molecule has 0 spiro atoms. The summed E-state index contributed by atoms with van der Waals surface area (Å²) >= 11 is 0. The molecule has 0 bridgehead atoms. The highest BCUT2D eigenvalue weighted by atomic mass is 19.1. The Labute approximate surface area is 177 Å². The van der Waals surface area contributed by atoms with Crippen LogP contribution in [0.3, 0.4) is 0 Å². The molecule has 0 radical (unpaired) electrons. The fraction of sp³-hybridized carbons (Fsp3) is 0.286. The van der Waals surface area contributed by atoms with E-state index in [1.165, 1.54) is 49.4 Å². The SMILES string of the molecule is COC(=O)[C@H](Cc1ccccc1[N+](=O)[O-])NC(=O)[C@H](Cc1ccc(F)cc1)NC(C)=O. The number of methoxy groups -OCH3 is 1. The van der Waals surface area contributed by atoms with Crippen LogP contribution in [0.1, 0.15) is 18.1 Å². The first-order valence-corrected chi connectivity index (χ1v) is 9.33. The quantitative estimate of drug-likeness (QED) is 0.353.